The molecule has 0 spiro atoms. The van der Waals surface area contributed by atoms with Crippen LogP contribution in [-0.4, -0.2) is 22.0 Å². The Morgan fingerprint density at radius 2 is 2.12 bits per heavy atom. The molecule has 1 aliphatic carbocycles. The zero-order valence-corrected chi connectivity index (χ0v) is 15.0. The molecule has 1 aromatic carbocycles. The summed E-state index contributed by atoms with van der Waals surface area (Å²) in [7, 11) is 0. The molecule has 126 valence electrons. The smallest absolute Gasteiger partial charge is 0.256 e. The number of carbonyl (C=O) groups excluding carboxylic acids is 1. The fourth-order valence-electron chi connectivity index (χ4n) is 2.80. The molecule has 0 aliphatic heterocycles. The Kier molecular flexibility index (Phi) is 4.13. The summed E-state index contributed by atoms with van der Waals surface area (Å²) in [4.78, 5) is 29.6. The van der Waals surface area contributed by atoms with Gasteiger partial charge < -0.3 is 9.88 Å². The zero-order chi connectivity index (χ0) is 17.4. The molecule has 2 aromatic heterocycles. The second-order valence-corrected chi connectivity index (χ2v) is 7.17. The van der Waals surface area contributed by atoms with Gasteiger partial charge in [-0.15, -0.1) is 0 Å². The molecule has 5 nitrogen and oxygen atoms in total. The predicted octanol–water partition coefficient (Wildman–Crippen LogP) is 3.29. The van der Waals surface area contributed by atoms with Crippen LogP contribution in [0.2, 0.25) is 0 Å². The van der Waals surface area contributed by atoms with Crippen molar-refractivity contribution >= 4 is 32.9 Å². The van der Waals surface area contributed by atoms with Crippen molar-refractivity contribution in [3.8, 4) is 5.69 Å². The van der Waals surface area contributed by atoms with E-state index in [-0.39, 0.29) is 16.9 Å². The van der Waals surface area contributed by atoms with E-state index < -0.39 is 0 Å². The standard InChI is InChI=1S/C19H16BrN3O2/c20-13-3-1-4-14(9-13)23-11-16(19(25)22-10-12-6-7-12)17(24)15-5-2-8-21-18(15)23/h1-5,8-9,11-12H,6-7,10H2,(H,22,25). The number of carbonyl (C=O) groups is 1. The van der Waals surface area contributed by atoms with Crippen LogP contribution in [0.1, 0.15) is 23.2 Å². The summed E-state index contributed by atoms with van der Waals surface area (Å²) in [6.07, 6.45) is 5.51. The number of benzene rings is 1. The summed E-state index contributed by atoms with van der Waals surface area (Å²) >= 11 is 3.46. The van der Waals surface area contributed by atoms with Crippen molar-refractivity contribution in [3.05, 3.63) is 69.1 Å². The quantitative estimate of drug-likeness (QED) is 0.734. The van der Waals surface area contributed by atoms with Crippen LogP contribution in [0.5, 0.6) is 0 Å². The SMILES string of the molecule is O=C(NCC1CC1)c1cn(-c2cccc(Br)c2)c2ncccc2c1=O. The second-order valence-electron chi connectivity index (χ2n) is 6.25. The number of hydrogen-bond acceptors (Lipinski definition) is 3. The van der Waals surface area contributed by atoms with Crippen molar-refractivity contribution in [2.24, 2.45) is 5.92 Å². The number of aromatic nitrogens is 2. The van der Waals surface area contributed by atoms with Crippen LogP contribution in [0.3, 0.4) is 0 Å². The summed E-state index contributed by atoms with van der Waals surface area (Å²) < 4.78 is 2.69. The molecule has 1 aliphatic rings. The van der Waals surface area contributed by atoms with Gasteiger partial charge in [0.05, 0.1) is 5.39 Å². The Labute approximate surface area is 152 Å². The molecule has 1 amide bonds. The van der Waals surface area contributed by atoms with Crippen molar-refractivity contribution in [1.29, 1.82) is 0 Å². The third-order valence-corrected chi connectivity index (χ3v) is 4.83. The molecule has 0 saturated heterocycles. The van der Waals surface area contributed by atoms with Gasteiger partial charge in [0.15, 0.2) is 0 Å². The first-order valence-electron chi connectivity index (χ1n) is 8.18. The first-order chi connectivity index (χ1) is 12.1. The highest BCUT2D eigenvalue weighted by atomic mass is 79.9. The third kappa shape index (κ3) is 3.22. The van der Waals surface area contributed by atoms with Crippen LogP contribution in [0.4, 0.5) is 0 Å². The molecule has 4 rings (SSSR count). The molecule has 2 heterocycles. The van der Waals surface area contributed by atoms with Gasteiger partial charge in [-0.25, -0.2) is 4.98 Å². The summed E-state index contributed by atoms with van der Waals surface area (Å²) in [5, 5.41) is 3.31. The number of hydrogen-bond donors (Lipinski definition) is 1. The number of nitrogens with one attached hydrogen (secondary N) is 1. The molecular formula is C19H16BrN3O2. The Hall–Kier alpha value is -2.47. The highest BCUT2D eigenvalue weighted by Crippen LogP contribution is 2.27. The molecule has 0 unspecified atom stereocenters. The van der Waals surface area contributed by atoms with Gasteiger partial charge >= 0.3 is 0 Å². The summed E-state index contributed by atoms with van der Waals surface area (Å²) in [5.74, 6) is 0.227. The van der Waals surface area contributed by atoms with Crippen molar-refractivity contribution in [2.45, 2.75) is 12.8 Å². The van der Waals surface area contributed by atoms with E-state index in [9.17, 15) is 9.59 Å². The number of amides is 1. The maximum Gasteiger partial charge on any atom is 0.256 e. The first-order valence-corrected chi connectivity index (χ1v) is 8.97. The molecule has 1 fully saturated rings. The summed E-state index contributed by atoms with van der Waals surface area (Å²) in [5.41, 5.74) is 1.21. The lowest BCUT2D eigenvalue weighted by Crippen LogP contribution is -2.31. The lowest BCUT2D eigenvalue weighted by molar-refractivity contribution is 0.0950. The van der Waals surface area contributed by atoms with E-state index in [0.717, 1.165) is 23.0 Å². The molecular weight excluding hydrogens is 382 g/mol. The van der Waals surface area contributed by atoms with Crippen LogP contribution in [0.15, 0.2) is 58.1 Å². The van der Waals surface area contributed by atoms with Gasteiger partial charge in [-0.05, 0) is 49.1 Å². The van der Waals surface area contributed by atoms with Gasteiger partial charge in [-0.3, -0.25) is 9.59 Å². The van der Waals surface area contributed by atoms with Gasteiger partial charge in [0.25, 0.3) is 5.91 Å². The Morgan fingerprint density at radius 3 is 2.88 bits per heavy atom. The predicted molar refractivity (Wildman–Crippen MR) is 100 cm³/mol. The fraction of sp³-hybridized carbons (Fsp3) is 0.211. The van der Waals surface area contributed by atoms with Crippen molar-refractivity contribution in [3.63, 3.8) is 0 Å². The second kappa shape index (κ2) is 6.44. The van der Waals surface area contributed by atoms with Gasteiger partial charge in [0, 0.05) is 29.1 Å². The van der Waals surface area contributed by atoms with Gasteiger partial charge in [0.2, 0.25) is 5.43 Å². The summed E-state index contributed by atoms with van der Waals surface area (Å²) in [6.45, 7) is 0.625. The third-order valence-electron chi connectivity index (χ3n) is 4.34. The fourth-order valence-corrected chi connectivity index (χ4v) is 3.19. The van der Waals surface area contributed by atoms with Crippen LogP contribution in [0.25, 0.3) is 16.7 Å². The molecule has 1 N–H and O–H groups in total. The van der Waals surface area contributed by atoms with Crippen LogP contribution < -0.4 is 10.7 Å². The number of pyridine rings is 2. The Morgan fingerprint density at radius 1 is 1.28 bits per heavy atom. The van der Waals surface area contributed by atoms with E-state index in [1.54, 1.807) is 29.1 Å². The average molecular weight is 398 g/mol. The molecule has 6 heteroatoms. The van der Waals surface area contributed by atoms with Crippen molar-refractivity contribution in [2.75, 3.05) is 6.54 Å². The van der Waals surface area contributed by atoms with E-state index in [1.807, 2.05) is 24.3 Å². The molecule has 0 bridgehead atoms. The van der Waals surface area contributed by atoms with Crippen molar-refractivity contribution in [1.82, 2.24) is 14.9 Å². The zero-order valence-electron chi connectivity index (χ0n) is 13.4. The normalized spacial score (nSPS) is 13.8. The number of halogens is 1. The van der Waals surface area contributed by atoms with Gasteiger partial charge in [-0.1, -0.05) is 22.0 Å². The minimum atomic E-state index is -0.327. The highest BCUT2D eigenvalue weighted by molar-refractivity contribution is 9.10. The van der Waals surface area contributed by atoms with E-state index in [4.69, 9.17) is 0 Å². The lowest BCUT2D eigenvalue weighted by atomic mass is 10.1. The Balaban J connectivity index is 1.87. The molecule has 25 heavy (non-hydrogen) atoms. The first kappa shape index (κ1) is 16.0. The molecule has 3 aromatic rings. The molecule has 0 radical (unpaired) electrons. The number of rotatable bonds is 4. The van der Waals surface area contributed by atoms with E-state index in [0.29, 0.717) is 23.5 Å². The summed E-state index contributed by atoms with van der Waals surface area (Å²) in [6, 6.07) is 11.1. The highest BCUT2D eigenvalue weighted by Gasteiger charge is 2.23. The van der Waals surface area contributed by atoms with E-state index in [2.05, 4.69) is 26.2 Å². The largest absolute Gasteiger partial charge is 0.352 e. The number of fused-ring (bicyclic) bond motifs is 1. The molecule has 1 saturated carbocycles. The van der Waals surface area contributed by atoms with Crippen molar-refractivity contribution < 1.29 is 4.79 Å². The monoisotopic (exact) mass is 397 g/mol. The number of nitrogens with zero attached hydrogens (tertiary/aromatic N) is 2. The Bertz CT molecular complexity index is 1020. The minimum Gasteiger partial charge on any atom is -0.352 e. The van der Waals surface area contributed by atoms with Crippen LogP contribution in [0, 0.1) is 5.92 Å². The molecule has 0 atom stereocenters. The van der Waals surface area contributed by atoms with Crippen LogP contribution in [-0.2, 0) is 0 Å². The minimum absolute atomic E-state index is 0.140. The van der Waals surface area contributed by atoms with Gasteiger partial charge in [-0.2, -0.15) is 0 Å². The maximum absolute atomic E-state index is 12.8. The maximum atomic E-state index is 12.8. The van der Waals surface area contributed by atoms with Crippen LogP contribution >= 0.6 is 15.9 Å². The lowest BCUT2D eigenvalue weighted by Gasteiger charge is -2.13. The topological polar surface area (TPSA) is 64.0 Å². The van der Waals surface area contributed by atoms with E-state index >= 15 is 0 Å². The average Bonchev–Trinajstić information content (AvgIpc) is 3.45. The van der Waals surface area contributed by atoms with E-state index in [1.165, 1.54) is 0 Å². The van der Waals surface area contributed by atoms with Gasteiger partial charge in [0.1, 0.15) is 11.2 Å².